The first-order valence-corrected chi connectivity index (χ1v) is 9.44. The first-order valence-electron chi connectivity index (χ1n) is 9.44. The molecule has 0 radical (unpaired) electrons. The molecular weight excluding hydrogens is 328 g/mol. The van der Waals surface area contributed by atoms with E-state index in [4.69, 9.17) is 0 Å². The molecule has 140 valence electrons. The SMILES string of the molecule is CC(C)c1ccc(N[C@@H]2CCCN(C(=O)C3=NN(C)C(=O)CC3)C2)cc1. The minimum atomic E-state index is -0.0374. The summed E-state index contributed by atoms with van der Waals surface area (Å²) in [6.07, 6.45) is 2.81. The van der Waals surface area contributed by atoms with Gasteiger partial charge < -0.3 is 10.2 Å². The molecule has 3 rings (SSSR count). The molecule has 1 atom stereocenters. The highest BCUT2D eigenvalue weighted by Gasteiger charge is 2.29. The third-order valence-corrected chi connectivity index (χ3v) is 5.11. The predicted molar refractivity (Wildman–Crippen MR) is 103 cm³/mol. The Morgan fingerprint density at radius 2 is 1.96 bits per heavy atom. The van der Waals surface area contributed by atoms with E-state index in [9.17, 15) is 9.59 Å². The Balaban J connectivity index is 1.61. The Morgan fingerprint density at radius 1 is 1.23 bits per heavy atom. The lowest BCUT2D eigenvalue weighted by atomic mass is 10.0. The van der Waals surface area contributed by atoms with Crippen molar-refractivity contribution < 1.29 is 9.59 Å². The van der Waals surface area contributed by atoms with E-state index < -0.39 is 0 Å². The molecule has 1 fully saturated rings. The summed E-state index contributed by atoms with van der Waals surface area (Å²) in [6.45, 7) is 5.79. The van der Waals surface area contributed by atoms with E-state index in [1.54, 1.807) is 7.05 Å². The van der Waals surface area contributed by atoms with Crippen LogP contribution in [0.3, 0.4) is 0 Å². The van der Waals surface area contributed by atoms with Crippen LogP contribution in [0.15, 0.2) is 29.4 Å². The first kappa shape index (κ1) is 18.4. The summed E-state index contributed by atoms with van der Waals surface area (Å²) in [4.78, 5) is 26.2. The lowest BCUT2D eigenvalue weighted by Crippen LogP contribution is -2.48. The highest BCUT2D eigenvalue weighted by Crippen LogP contribution is 2.21. The van der Waals surface area contributed by atoms with E-state index in [-0.39, 0.29) is 17.9 Å². The minimum absolute atomic E-state index is 0.0361. The van der Waals surface area contributed by atoms with Crippen molar-refractivity contribution in [3.8, 4) is 0 Å². The lowest BCUT2D eigenvalue weighted by Gasteiger charge is -2.34. The van der Waals surface area contributed by atoms with Crippen LogP contribution in [-0.2, 0) is 9.59 Å². The van der Waals surface area contributed by atoms with Gasteiger partial charge in [-0.05, 0) is 36.5 Å². The monoisotopic (exact) mass is 356 g/mol. The highest BCUT2D eigenvalue weighted by atomic mass is 16.2. The summed E-state index contributed by atoms with van der Waals surface area (Å²) < 4.78 is 0. The van der Waals surface area contributed by atoms with Crippen molar-refractivity contribution in [1.29, 1.82) is 0 Å². The van der Waals surface area contributed by atoms with E-state index >= 15 is 0 Å². The number of rotatable bonds is 4. The number of nitrogens with zero attached hydrogens (tertiary/aromatic N) is 3. The predicted octanol–water partition coefficient (Wildman–Crippen LogP) is 2.82. The summed E-state index contributed by atoms with van der Waals surface area (Å²) in [6, 6.07) is 8.77. The van der Waals surface area contributed by atoms with Crippen molar-refractivity contribution in [2.75, 3.05) is 25.5 Å². The number of carbonyl (C=O) groups excluding carboxylic acids is 2. The van der Waals surface area contributed by atoms with Gasteiger partial charge in [-0.1, -0.05) is 26.0 Å². The van der Waals surface area contributed by atoms with Gasteiger partial charge in [0.05, 0.1) is 0 Å². The topological polar surface area (TPSA) is 65.0 Å². The number of carbonyl (C=O) groups is 2. The second-order valence-electron chi connectivity index (χ2n) is 7.48. The standard InChI is InChI=1S/C20H28N4O2/c1-14(2)15-6-8-16(9-7-15)21-17-5-4-12-24(13-17)20(26)18-10-11-19(25)23(3)22-18/h6-9,14,17,21H,4-5,10-13H2,1-3H3/t17-/m1/s1. The fraction of sp³-hybridized carbons (Fsp3) is 0.550. The zero-order valence-electron chi connectivity index (χ0n) is 15.9. The molecule has 0 saturated carbocycles. The van der Waals surface area contributed by atoms with Crippen molar-refractivity contribution >= 4 is 23.2 Å². The molecule has 2 aliphatic rings. The number of amides is 2. The van der Waals surface area contributed by atoms with E-state index in [1.807, 2.05) is 4.90 Å². The molecule has 26 heavy (non-hydrogen) atoms. The van der Waals surface area contributed by atoms with E-state index in [2.05, 4.69) is 48.5 Å². The van der Waals surface area contributed by atoms with Crippen LogP contribution >= 0.6 is 0 Å². The number of hydrazone groups is 1. The van der Waals surface area contributed by atoms with Crippen LogP contribution in [0.2, 0.25) is 0 Å². The Kier molecular flexibility index (Phi) is 5.59. The first-order chi connectivity index (χ1) is 12.4. The van der Waals surface area contributed by atoms with Gasteiger partial charge in [-0.15, -0.1) is 0 Å². The highest BCUT2D eigenvalue weighted by molar-refractivity contribution is 6.39. The molecular formula is C20H28N4O2. The fourth-order valence-electron chi connectivity index (χ4n) is 3.49. The van der Waals surface area contributed by atoms with Crippen LogP contribution in [0.4, 0.5) is 5.69 Å². The molecule has 6 heteroatoms. The molecule has 1 aromatic rings. The molecule has 0 spiro atoms. The van der Waals surface area contributed by atoms with E-state index in [0.29, 0.717) is 31.0 Å². The van der Waals surface area contributed by atoms with Crippen LogP contribution in [-0.4, -0.2) is 53.6 Å². The smallest absolute Gasteiger partial charge is 0.270 e. The van der Waals surface area contributed by atoms with E-state index in [1.165, 1.54) is 10.6 Å². The van der Waals surface area contributed by atoms with Gasteiger partial charge in [0.2, 0.25) is 5.91 Å². The molecule has 1 N–H and O–H groups in total. The summed E-state index contributed by atoms with van der Waals surface area (Å²) in [5.74, 6) is 0.448. The maximum Gasteiger partial charge on any atom is 0.270 e. The number of nitrogens with one attached hydrogen (secondary N) is 1. The molecule has 2 amide bonds. The van der Waals surface area contributed by atoms with Gasteiger partial charge >= 0.3 is 0 Å². The van der Waals surface area contributed by atoms with Crippen molar-refractivity contribution in [3.63, 3.8) is 0 Å². The molecule has 2 aliphatic heterocycles. The van der Waals surface area contributed by atoms with Gasteiger partial charge in [0.15, 0.2) is 0 Å². The second kappa shape index (κ2) is 7.89. The van der Waals surface area contributed by atoms with Crippen LogP contribution < -0.4 is 5.32 Å². The molecule has 0 unspecified atom stereocenters. The van der Waals surface area contributed by atoms with Crippen molar-refractivity contribution in [1.82, 2.24) is 9.91 Å². The maximum absolute atomic E-state index is 12.8. The van der Waals surface area contributed by atoms with Crippen LogP contribution in [0.25, 0.3) is 0 Å². The van der Waals surface area contributed by atoms with Crippen LogP contribution in [0.1, 0.15) is 51.0 Å². The van der Waals surface area contributed by atoms with Gasteiger partial charge in [0.1, 0.15) is 5.71 Å². The molecule has 1 saturated heterocycles. The molecule has 0 bridgehead atoms. The van der Waals surface area contributed by atoms with Crippen LogP contribution in [0, 0.1) is 0 Å². The largest absolute Gasteiger partial charge is 0.381 e. The van der Waals surface area contributed by atoms with Crippen molar-refractivity contribution in [2.24, 2.45) is 5.10 Å². The van der Waals surface area contributed by atoms with Gasteiger partial charge in [-0.3, -0.25) is 9.59 Å². The number of likely N-dealkylation sites (tertiary alicyclic amines) is 1. The number of benzene rings is 1. The Labute approximate surface area is 155 Å². The fourth-order valence-corrected chi connectivity index (χ4v) is 3.49. The quantitative estimate of drug-likeness (QED) is 0.902. The van der Waals surface area contributed by atoms with Gasteiger partial charge in [-0.25, -0.2) is 5.01 Å². The maximum atomic E-state index is 12.8. The van der Waals surface area contributed by atoms with Gasteiger partial charge in [-0.2, -0.15) is 5.10 Å². The summed E-state index contributed by atoms with van der Waals surface area (Å²) >= 11 is 0. The molecule has 2 heterocycles. The van der Waals surface area contributed by atoms with Crippen molar-refractivity contribution in [2.45, 2.75) is 51.5 Å². The number of hydrogen-bond donors (Lipinski definition) is 1. The Hall–Kier alpha value is -2.37. The molecule has 0 aliphatic carbocycles. The molecule has 6 nitrogen and oxygen atoms in total. The Bertz CT molecular complexity index is 696. The average molecular weight is 356 g/mol. The summed E-state index contributed by atoms with van der Waals surface area (Å²) in [5, 5.41) is 9.00. The third-order valence-electron chi connectivity index (χ3n) is 5.11. The number of hydrogen-bond acceptors (Lipinski definition) is 4. The molecule has 1 aromatic carbocycles. The van der Waals surface area contributed by atoms with Gasteiger partial charge in [0.25, 0.3) is 5.91 Å². The van der Waals surface area contributed by atoms with E-state index in [0.717, 1.165) is 25.1 Å². The third kappa shape index (κ3) is 4.23. The lowest BCUT2D eigenvalue weighted by molar-refractivity contribution is -0.130. The molecule has 0 aromatic heterocycles. The zero-order chi connectivity index (χ0) is 18.7. The zero-order valence-corrected chi connectivity index (χ0v) is 15.9. The minimum Gasteiger partial charge on any atom is -0.381 e. The van der Waals surface area contributed by atoms with Crippen molar-refractivity contribution in [3.05, 3.63) is 29.8 Å². The van der Waals surface area contributed by atoms with Crippen LogP contribution in [0.5, 0.6) is 0 Å². The summed E-state index contributed by atoms with van der Waals surface area (Å²) in [7, 11) is 1.61. The second-order valence-corrected chi connectivity index (χ2v) is 7.48. The van der Waals surface area contributed by atoms with Gasteiger partial charge in [0, 0.05) is 44.7 Å². The summed E-state index contributed by atoms with van der Waals surface area (Å²) in [5.41, 5.74) is 2.91. The number of anilines is 1. The Morgan fingerprint density at radius 3 is 2.62 bits per heavy atom. The average Bonchev–Trinajstić information content (AvgIpc) is 2.64. The number of piperidine rings is 1. The normalized spacial score (nSPS) is 21.0.